The number of carbonyl (C=O) groups is 2. The molecule has 0 aromatic rings. The van der Waals surface area contributed by atoms with Crippen molar-refractivity contribution in [3.05, 3.63) is 0 Å². The smallest absolute Gasteiger partial charge is 0.245 e. The zero-order valence-electron chi connectivity index (χ0n) is 11.3. The number of nitrogens with two attached hydrogens (primary N) is 1. The van der Waals surface area contributed by atoms with Crippen LogP contribution in [-0.2, 0) is 9.59 Å². The summed E-state index contributed by atoms with van der Waals surface area (Å²) in [6, 6.07) is -0.590. The van der Waals surface area contributed by atoms with Crippen LogP contribution in [0.3, 0.4) is 0 Å². The molecule has 0 saturated carbocycles. The van der Waals surface area contributed by atoms with Gasteiger partial charge in [0.2, 0.25) is 11.8 Å². The molecule has 1 aliphatic rings. The number of hydrogen-bond acceptors (Lipinski definition) is 3. The Morgan fingerprint density at radius 2 is 2.00 bits per heavy atom. The minimum atomic E-state index is -0.821. The molecule has 5 nitrogen and oxygen atoms in total. The molecule has 0 radical (unpaired) electrons. The summed E-state index contributed by atoms with van der Waals surface area (Å²) >= 11 is 0. The highest BCUT2D eigenvalue weighted by Crippen LogP contribution is 2.24. The van der Waals surface area contributed by atoms with E-state index in [0.717, 1.165) is 0 Å². The van der Waals surface area contributed by atoms with E-state index < -0.39 is 11.6 Å². The minimum absolute atomic E-state index is 0.127. The molecule has 1 rings (SSSR count). The third-order valence-electron chi connectivity index (χ3n) is 3.32. The molecule has 0 bridgehead atoms. The lowest BCUT2D eigenvalue weighted by Crippen LogP contribution is -2.66. The Bertz CT molecular complexity index is 331. The summed E-state index contributed by atoms with van der Waals surface area (Å²) < 4.78 is 0. The van der Waals surface area contributed by atoms with Crippen LogP contribution in [-0.4, -0.2) is 41.4 Å². The third kappa shape index (κ3) is 2.60. The van der Waals surface area contributed by atoms with E-state index in [1.807, 2.05) is 20.8 Å². The maximum atomic E-state index is 12.3. The van der Waals surface area contributed by atoms with Gasteiger partial charge in [-0.1, -0.05) is 20.8 Å². The highest BCUT2D eigenvalue weighted by Gasteiger charge is 2.43. The standard InChI is InChI=1S/C12H23N3O2/c1-11(2,3)8(13)9(16)15-7-6-14-10(17)12(15,4)5/h8H,6-7,13H2,1-5H3,(H,14,17)/t8-/m1/s1. The Hall–Kier alpha value is -1.10. The number of nitrogens with one attached hydrogen (secondary N) is 1. The van der Waals surface area contributed by atoms with Gasteiger partial charge in [-0.3, -0.25) is 9.59 Å². The lowest BCUT2D eigenvalue weighted by atomic mass is 9.85. The van der Waals surface area contributed by atoms with Crippen LogP contribution >= 0.6 is 0 Å². The average molecular weight is 241 g/mol. The highest BCUT2D eigenvalue weighted by molar-refractivity contribution is 5.93. The molecule has 0 aromatic carbocycles. The summed E-state index contributed by atoms with van der Waals surface area (Å²) in [6.45, 7) is 10.3. The van der Waals surface area contributed by atoms with Crippen molar-refractivity contribution in [2.24, 2.45) is 11.1 Å². The number of carbonyl (C=O) groups excluding carboxylic acids is 2. The zero-order chi connectivity index (χ0) is 13.4. The summed E-state index contributed by atoms with van der Waals surface area (Å²) in [6.07, 6.45) is 0. The van der Waals surface area contributed by atoms with Crippen molar-refractivity contribution in [1.29, 1.82) is 0 Å². The predicted octanol–water partition coefficient (Wildman–Crippen LogP) is 0.0968. The summed E-state index contributed by atoms with van der Waals surface area (Å²) in [5.74, 6) is -0.282. The van der Waals surface area contributed by atoms with E-state index in [1.54, 1.807) is 18.7 Å². The van der Waals surface area contributed by atoms with E-state index in [4.69, 9.17) is 5.73 Å². The first-order valence-electron chi connectivity index (χ1n) is 5.94. The fourth-order valence-electron chi connectivity index (χ4n) is 1.82. The second-order valence-electron chi connectivity index (χ2n) is 6.15. The largest absolute Gasteiger partial charge is 0.352 e. The SMILES string of the molecule is CC(C)(C)[C@H](N)C(=O)N1CCNC(=O)C1(C)C. The Kier molecular flexibility index (Phi) is 3.52. The van der Waals surface area contributed by atoms with Gasteiger partial charge in [-0.15, -0.1) is 0 Å². The van der Waals surface area contributed by atoms with E-state index in [-0.39, 0.29) is 17.2 Å². The van der Waals surface area contributed by atoms with Gasteiger partial charge in [0, 0.05) is 13.1 Å². The first kappa shape index (κ1) is 14.0. The second-order valence-corrected chi connectivity index (χ2v) is 6.15. The first-order valence-corrected chi connectivity index (χ1v) is 5.94. The number of amides is 2. The van der Waals surface area contributed by atoms with E-state index in [1.165, 1.54) is 0 Å². The number of hydrogen-bond donors (Lipinski definition) is 2. The number of nitrogens with zero attached hydrogens (tertiary/aromatic N) is 1. The van der Waals surface area contributed by atoms with Crippen LogP contribution < -0.4 is 11.1 Å². The van der Waals surface area contributed by atoms with Crippen LogP contribution in [0.2, 0.25) is 0 Å². The molecule has 17 heavy (non-hydrogen) atoms. The normalized spacial score (nSPS) is 22.0. The molecule has 3 N–H and O–H groups in total. The molecule has 1 saturated heterocycles. The van der Waals surface area contributed by atoms with Crippen LogP contribution in [0.25, 0.3) is 0 Å². The molecule has 0 aliphatic carbocycles. The van der Waals surface area contributed by atoms with Gasteiger partial charge in [-0.05, 0) is 19.3 Å². The van der Waals surface area contributed by atoms with Crippen molar-refractivity contribution in [2.75, 3.05) is 13.1 Å². The van der Waals surface area contributed by atoms with Gasteiger partial charge in [-0.25, -0.2) is 0 Å². The molecule has 2 amide bonds. The molecule has 0 aromatic heterocycles. The van der Waals surface area contributed by atoms with Crippen molar-refractivity contribution in [3.8, 4) is 0 Å². The minimum Gasteiger partial charge on any atom is -0.352 e. The molecule has 1 fully saturated rings. The van der Waals surface area contributed by atoms with Crippen LogP contribution in [0.4, 0.5) is 0 Å². The Morgan fingerprint density at radius 3 is 2.47 bits per heavy atom. The van der Waals surface area contributed by atoms with Crippen LogP contribution in [0.1, 0.15) is 34.6 Å². The molecule has 1 atom stereocenters. The molecule has 5 heteroatoms. The van der Waals surface area contributed by atoms with Gasteiger partial charge in [0.05, 0.1) is 6.04 Å². The first-order chi connectivity index (χ1) is 7.58. The second kappa shape index (κ2) is 4.29. The van der Waals surface area contributed by atoms with E-state index >= 15 is 0 Å². The van der Waals surface area contributed by atoms with Gasteiger partial charge in [0.1, 0.15) is 5.54 Å². The monoisotopic (exact) mass is 241 g/mol. The van der Waals surface area contributed by atoms with E-state index in [9.17, 15) is 9.59 Å². The van der Waals surface area contributed by atoms with Gasteiger partial charge < -0.3 is 16.0 Å². The topological polar surface area (TPSA) is 75.4 Å². The number of rotatable bonds is 1. The van der Waals surface area contributed by atoms with Crippen molar-refractivity contribution < 1.29 is 9.59 Å². The molecule has 0 unspecified atom stereocenters. The average Bonchev–Trinajstić information content (AvgIpc) is 2.18. The molecule has 1 heterocycles. The lowest BCUT2D eigenvalue weighted by molar-refractivity contribution is -0.151. The fourth-order valence-corrected chi connectivity index (χ4v) is 1.82. The summed E-state index contributed by atoms with van der Waals surface area (Å²) in [5, 5.41) is 2.76. The van der Waals surface area contributed by atoms with Crippen LogP contribution in [0.5, 0.6) is 0 Å². The maximum absolute atomic E-state index is 12.3. The zero-order valence-corrected chi connectivity index (χ0v) is 11.3. The molecule has 1 aliphatic heterocycles. The fraction of sp³-hybridized carbons (Fsp3) is 0.833. The molecule has 98 valence electrons. The quantitative estimate of drug-likeness (QED) is 0.683. The van der Waals surface area contributed by atoms with Gasteiger partial charge >= 0.3 is 0 Å². The van der Waals surface area contributed by atoms with Gasteiger partial charge in [0.15, 0.2) is 0 Å². The Balaban J connectivity index is 2.92. The Labute approximate surface area is 103 Å². The third-order valence-corrected chi connectivity index (χ3v) is 3.32. The summed E-state index contributed by atoms with van der Waals surface area (Å²) in [4.78, 5) is 25.7. The Morgan fingerprint density at radius 1 is 1.47 bits per heavy atom. The van der Waals surface area contributed by atoms with Crippen molar-refractivity contribution in [3.63, 3.8) is 0 Å². The van der Waals surface area contributed by atoms with E-state index in [0.29, 0.717) is 13.1 Å². The molecular weight excluding hydrogens is 218 g/mol. The summed E-state index contributed by atoms with van der Waals surface area (Å²) in [5.41, 5.74) is 4.84. The van der Waals surface area contributed by atoms with Gasteiger partial charge in [-0.2, -0.15) is 0 Å². The van der Waals surface area contributed by atoms with Crippen molar-refractivity contribution in [2.45, 2.75) is 46.2 Å². The van der Waals surface area contributed by atoms with Crippen molar-refractivity contribution >= 4 is 11.8 Å². The van der Waals surface area contributed by atoms with Crippen LogP contribution in [0, 0.1) is 5.41 Å². The molecular formula is C12H23N3O2. The highest BCUT2D eigenvalue weighted by atomic mass is 16.2. The van der Waals surface area contributed by atoms with E-state index in [2.05, 4.69) is 5.32 Å². The summed E-state index contributed by atoms with van der Waals surface area (Å²) in [7, 11) is 0. The predicted molar refractivity (Wildman–Crippen MR) is 66.2 cm³/mol. The van der Waals surface area contributed by atoms with Gasteiger partial charge in [0.25, 0.3) is 0 Å². The molecule has 0 spiro atoms. The van der Waals surface area contributed by atoms with Crippen molar-refractivity contribution in [1.82, 2.24) is 10.2 Å². The lowest BCUT2D eigenvalue weighted by Gasteiger charge is -2.43. The maximum Gasteiger partial charge on any atom is 0.245 e. The van der Waals surface area contributed by atoms with Crippen LogP contribution in [0.15, 0.2) is 0 Å². The number of piperazine rings is 1.